The van der Waals surface area contributed by atoms with Crippen molar-refractivity contribution in [2.24, 2.45) is 0 Å². The van der Waals surface area contributed by atoms with Crippen molar-refractivity contribution < 1.29 is 9.53 Å². The third-order valence-electron chi connectivity index (χ3n) is 3.78. The number of rotatable bonds is 4. The molecule has 116 valence electrons. The van der Waals surface area contributed by atoms with Gasteiger partial charge in [0.15, 0.2) is 0 Å². The van der Waals surface area contributed by atoms with Crippen LogP contribution in [0.15, 0.2) is 60.7 Å². The van der Waals surface area contributed by atoms with E-state index in [9.17, 15) is 4.79 Å². The number of methoxy groups -OCH3 is 1. The van der Waals surface area contributed by atoms with E-state index in [1.54, 1.807) is 13.2 Å². The van der Waals surface area contributed by atoms with Gasteiger partial charge in [-0.25, -0.2) is 4.98 Å². The Balaban J connectivity index is 1.89. The number of ether oxygens (including phenoxy) is 1. The summed E-state index contributed by atoms with van der Waals surface area (Å²) in [4.78, 5) is 16.9. The van der Waals surface area contributed by atoms with Gasteiger partial charge in [-0.15, -0.1) is 0 Å². The first-order valence-corrected chi connectivity index (χ1v) is 7.48. The number of amides is 1. The molecule has 1 heterocycles. The van der Waals surface area contributed by atoms with Crippen LogP contribution in [-0.2, 0) is 0 Å². The van der Waals surface area contributed by atoms with Crippen molar-refractivity contribution in [3.8, 4) is 5.75 Å². The van der Waals surface area contributed by atoms with Crippen LogP contribution in [0.1, 0.15) is 29.0 Å². The van der Waals surface area contributed by atoms with Crippen LogP contribution < -0.4 is 10.1 Å². The van der Waals surface area contributed by atoms with Gasteiger partial charge in [-0.1, -0.05) is 42.5 Å². The lowest BCUT2D eigenvalue weighted by atomic mass is 10.1. The van der Waals surface area contributed by atoms with Crippen molar-refractivity contribution in [1.29, 1.82) is 0 Å². The molecule has 4 nitrogen and oxygen atoms in total. The highest BCUT2D eigenvalue weighted by Crippen LogP contribution is 2.25. The number of hydrogen-bond donors (Lipinski definition) is 1. The Kier molecular flexibility index (Phi) is 4.24. The van der Waals surface area contributed by atoms with E-state index in [0.717, 1.165) is 16.5 Å². The van der Waals surface area contributed by atoms with E-state index in [2.05, 4.69) is 10.3 Å². The van der Waals surface area contributed by atoms with Crippen LogP contribution in [0.4, 0.5) is 0 Å². The predicted octanol–water partition coefficient (Wildman–Crippen LogP) is 3.73. The van der Waals surface area contributed by atoms with Gasteiger partial charge in [0.2, 0.25) is 0 Å². The average molecular weight is 306 g/mol. The molecule has 3 rings (SSSR count). The number of carbonyl (C=O) groups is 1. The Morgan fingerprint density at radius 1 is 1.09 bits per heavy atom. The first-order valence-electron chi connectivity index (χ1n) is 7.48. The minimum atomic E-state index is -0.217. The molecule has 2 aromatic carbocycles. The second kappa shape index (κ2) is 6.48. The highest BCUT2D eigenvalue weighted by molar-refractivity contribution is 5.97. The number of carbonyl (C=O) groups excluding carboxylic acids is 1. The van der Waals surface area contributed by atoms with Gasteiger partial charge in [-0.05, 0) is 24.6 Å². The minimum absolute atomic E-state index is 0.0945. The number of para-hydroxylation sites is 1. The molecule has 1 atom stereocenters. The van der Waals surface area contributed by atoms with Gasteiger partial charge >= 0.3 is 0 Å². The topological polar surface area (TPSA) is 51.2 Å². The van der Waals surface area contributed by atoms with Gasteiger partial charge < -0.3 is 10.1 Å². The molecule has 0 saturated carbocycles. The largest absolute Gasteiger partial charge is 0.496 e. The smallest absolute Gasteiger partial charge is 0.270 e. The minimum Gasteiger partial charge on any atom is -0.496 e. The summed E-state index contributed by atoms with van der Waals surface area (Å²) in [5, 5.41) is 3.86. The van der Waals surface area contributed by atoms with Gasteiger partial charge in [0.05, 0.1) is 18.7 Å². The number of aromatic nitrogens is 1. The maximum absolute atomic E-state index is 12.5. The number of nitrogens with one attached hydrogen (secondary N) is 1. The summed E-state index contributed by atoms with van der Waals surface area (Å²) in [5.74, 6) is 0.429. The molecule has 0 aliphatic heterocycles. The molecule has 0 saturated heterocycles. The van der Waals surface area contributed by atoms with E-state index in [0.29, 0.717) is 11.4 Å². The molecule has 0 aliphatic carbocycles. The van der Waals surface area contributed by atoms with Gasteiger partial charge in [0.1, 0.15) is 11.4 Å². The van der Waals surface area contributed by atoms with Crippen LogP contribution in [0.3, 0.4) is 0 Å². The molecule has 1 aromatic heterocycles. The highest BCUT2D eigenvalue weighted by Gasteiger charge is 2.15. The van der Waals surface area contributed by atoms with Crippen molar-refractivity contribution in [2.45, 2.75) is 13.0 Å². The molecule has 1 N–H and O–H groups in total. The molecule has 0 unspecified atom stereocenters. The Morgan fingerprint density at radius 2 is 1.78 bits per heavy atom. The van der Waals surface area contributed by atoms with E-state index < -0.39 is 0 Å². The average Bonchev–Trinajstić information content (AvgIpc) is 2.61. The maximum Gasteiger partial charge on any atom is 0.270 e. The Bertz CT molecular complexity index is 831. The zero-order valence-electron chi connectivity index (χ0n) is 13.1. The van der Waals surface area contributed by atoms with E-state index in [4.69, 9.17) is 4.74 Å². The van der Waals surface area contributed by atoms with Crippen molar-refractivity contribution in [3.63, 3.8) is 0 Å². The van der Waals surface area contributed by atoms with Crippen LogP contribution in [0.2, 0.25) is 0 Å². The van der Waals surface area contributed by atoms with E-state index >= 15 is 0 Å². The number of fused-ring (bicyclic) bond motifs is 1. The van der Waals surface area contributed by atoms with Gasteiger partial charge in [-0.3, -0.25) is 4.79 Å². The fraction of sp³-hybridized carbons (Fsp3) is 0.158. The van der Waals surface area contributed by atoms with Gasteiger partial charge in [0.25, 0.3) is 5.91 Å². The van der Waals surface area contributed by atoms with Crippen LogP contribution in [0.5, 0.6) is 5.75 Å². The summed E-state index contributed by atoms with van der Waals surface area (Å²) < 4.78 is 5.39. The second-order valence-corrected chi connectivity index (χ2v) is 5.33. The maximum atomic E-state index is 12.5. The Labute approximate surface area is 135 Å². The molecular formula is C19H18N2O2. The molecule has 0 fully saturated rings. The normalized spacial score (nSPS) is 11.9. The number of hydrogen-bond acceptors (Lipinski definition) is 3. The first-order chi connectivity index (χ1) is 11.2. The Morgan fingerprint density at radius 3 is 2.52 bits per heavy atom. The molecule has 0 bridgehead atoms. The summed E-state index contributed by atoms with van der Waals surface area (Å²) >= 11 is 0. The summed E-state index contributed by atoms with van der Waals surface area (Å²) in [6.07, 6.45) is 0. The SMILES string of the molecule is COc1cc(C(=O)N[C@@H](C)c2ccccc2)nc2ccccc12. The van der Waals surface area contributed by atoms with Gasteiger partial charge in [-0.2, -0.15) is 0 Å². The van der Waals surface area contributed by atoms with Crippen LogP contribution in [0, 0.1) is 0 Å². The van der Waals surface area contributed by atoms with E-state index in [1.165, 1.54) is 0 Å². The third-order valence-corrected chi connectivity index (χ3v) is 3.78. The van der Waals surface area contributed by atoms with Crippen LogP contribution >= 0.6 is 0 Å². The molecular weight excluding hydrogens is 288 g/mol. The quantitative estimate of drug-likeness (QED) is 0.799. The van der Waals surface area contributed by atoms with Crippen molar-refractivity contribution in [1.82, 2.24) is 10.3 Å². The third kappa shape index (κ3) is 3.16. The van der Waals surface area contributed by atoms with Crippen molar-refractivity contribution in [2.75, 3.05) is 7.11 Å². The lowest BCUT2D eigenvalue weighted by Crippen LogP contribution is -2.27. The summed E-state index contributed by atoms with van der Waals surface area (Å²) in [7, 11) is 1.59. The lowest BCUT2D eigenvalue weighted by molar-refractivity contribution is 0.0935. The van der Waals surface area contributed by atoms with Crippen molar-refractivity contribution in [3.05, 3.63) is 71.9 Å². The molecule has 3 aromatic rings. The first kappa shape index (κ1) is 15.0. The zero-order valence-corrected chi connectivity index (χ0v) is 13.1. The number of nitrogens with zero attached hydrogens (tertiary/aromatic N) is 1. The molecule has 0 radical (unpaired) electrons. The predicted molar refractivity (Wildman–Crippen MR) is 90.6 cm³/mol. The fourth-order valence-electron chi connectivity index (χ4n) is 2.52. The standard InChI is InChI=1S/C19H18N2O2/c1-13(14-8-4-3-5-9-14)20-19(22)17-12-18(23-2)15-10-6-7-11-16(15)21-17/h3-13H,1-2H3,(H,20,22)/t13-/m0/s1. The van der Waals surface area contributed by atoms with Crippen LogP contribution in [-0.4, -0.2) is 18.0 Å². The van der Waals surface area contributed by atoms with E-state index in [1.807, 2.05) is 61.5 Å². The molecule has 1 amide bonds. The van der Waals surface area contributed by atoms with E-state index in [-0.39, 0.29) is 11.9 Å². The zero-order chi connectivity index (χ0) is 16.2. The monoisotopic (exact) mass is 306 g/mol. The molecule has 23 heavy (non-hydrogen) atoms. The second-order valence-electron chi connectivity index (χ2n) is 5.33. The van der Waals surface area contributed by atoms with Crippen molar-refractivity contribution >= 4 is 16.8 Å². The van der Waals surface area contributed by atoms with Crippen LogP contribution in [0.25, 0.3) is 10.9 Å². The summed E-state index contributed by atoms with van der Waals surface area (Å²) in [6, 6.07) is 19.0. The summed E-state index contributed by atoms with van der Waals surface area (Å²) in [5.41, 5.74) is 2.14. The lowest BCUT2D eigenvalue weighted by Gasteiger charge is -2.15. The Hall–Kier alpha value is -2.88. The molecule has 0 spiro atoms. The fourth-order valence-corrected chi connectivity index (χ4v) is 2.52. The van der Waals surface area contributed by atoms with Gasteiger partial charge in [0, 0.05) is 11.5 Å². The number of benzene rings is 2. The molecule has 4 heteroatoms. The molecule has 0 aliphatic rings. The summed E-state index contributed by atoms with van der Waals surface area (Å²) in [6.45, 7) is 1.95. The highest BCUT2D eigenvalue weighted by atomic mass is 16.5. The number of pyridine rings is 1.